The van der Waals surface area contributed by atoms with Crippen molar-refractivity contribution in [1.82, 2.24) is 4.90 Å². The van der Waals surface area contributed by atoms with Crippen LogP contribution in [0.1, 0.15) is 30.4 Å². The monoisotopic (exact) mass is 339 g/mol. The van der Waals surface area contributed by atoms with E-state index in [4.69, 9.17) is 16.3 Å². The van der Waals surface area contributed by atoms with Crippen molar-refractivity contribution in [2.75, 3.05) is 7.11 Å². The van der Waals surface area contributed by atoms with E-state index in [1.54, 1.807) is 7.11 Å². The first-order valence-corrected chi connectivity index (χ1v) is 8.97. The quantitative estimate of drug-likeness (QED) is 0.762. The van der Waals surface area contributed by atoms with Crippen molar-refractivity contribution in [2.45, 2.75) is 37.9 Å². The summed E-state index contributed by atoms with van der Waals surface area (Å²) < 4.78 is 5.55. The van der Waals surface area contributed by atoms with Crippen LogP contribution in [0.5, 0.6) is 5.75 Å². The summed E-state index contributed by atoms with van der Waals surface area (Å²) in [6, 6.07) is 17.8. The Kier molecular flexibility index (Phi) is 4.34. The Morgan fingerprint density at radius 3 is 2.67 bits per heavy atom. The molecule has 0 N–H and O–H groups in total. The third-order valence-corrected chi connectivity index (χ3v) is 5.58. The molecule has 2 nitrogen and oxygen atoms in total. The third kappa shape index (κ3) is 2.85. The first kappa shape index (κ1) is 15.7. The van der Waals surface area contributed by atoms with E-state index in [2.05, 4.69) is 41.3 Å². The molecule has 0 aliphatic carbocycles. The number of ether oxygens (including phenoxy) is 1. The molecule has 1 fully saturated rings. The zero-order valence-electron chi connectivity index (χ0n) is 13.9. The second kappa shape index (κ2) is 6.62. The van der Waals surface area contributed by atoms with E-state index in [1.165, 1.54) is 24.0 Å². The highest BCUT2D eigenvalue weighted by atomic mass is 35.5. The molecule has 0 radical (unpaired) electrons. The van der Waals surface area contributed by atoms with Crippen molar-refractivity contribution in [3.63, 3.8) is 0 Å². The van der Waals surface area contributed by atoms with Gasteiger partial charge in [0.15, 0.2) is 0 Å². The van der Waals surface area contributed by atoms with Crippen LogP contribution in [0.25, 0.3) is 5.57 Å². The van der Waals surface area contributed by atoms with Crippen molar-refractivity contribution in [1.29, 1.82) is 0 Å². The molecule has 2 bridgehead atoms. The van der Waals surface area contributed by atoms with Gasteiger partial charge in [0.2, 0.25) is 0 Å². The number of methoxy groups -OCH3 is 1. The van der Waals surface area contributed by atoms with Gasteiger partial charge in [-0.25, -0.2) is 0 Å². The minimum atomic E-state index is 0.500. The van der Waals surface area contributed by atoms with Gasteiger partial charge in [-0.05, 0) is 42.5 Å². The Hall–Kier alpha value is -1.77. The third-order valence-electron chi connectivity index (χ3n) is 5.26. The summed E-state index contributed by atoms with van der Waals surface area (Å²) in [6.07, 6.45) is 5.94. The van der Waals surface area contributed by atoms with Crippen LogP contribution in [0.2, 0.25) is 5.02 Å². The summed E-state index contributed by atoms with van der Waals surface area (Å²) in [5.74, 6) is 0.879. The molecule has 2 aliphatic rings. The van der Waals surface area contributed by atoms with Crippen molar-refractivity contribution in [2.24, 2.45) is 0 Å². The van der Waals surface area contributed by atoms with E-state index in [1.807, 2.05) is 18.2 Å². The Labute approximate surface area is 148 Å². The summed E-state index contributed by atoms with van der Waals surface area (Å²) in [6.45, 7) is 1.03. The first-order valence-electron chi connectivity index (χ1n) is 8.59. The van der Waals surface area contributed by atoms with Gasteiger partial charge in [-0.3, -0.25) is 4.90 Å². The SMILES string of the molecule is COc1cccc(Cl)c1C1=CC2CCC(C1)N2Cc1ccccc1. The normalized spacial score (nSPS) is 23.2. The summed E-state index contributed by atoms with van der Waals surface area (Å²) >= 11 is 6.49. The Balaban J connectivity index is 1.63. The molecule has 0 saturated carbocycles. The standard InChI is InChI=1S/C21H22ClNO/c1-24-20-9-5-8-19(22)21(20)16-12-17-10-11-18(13-16)23(17)14-15-6-3-2-4-7-15/h2-9,12,17-18H,10-11,13-14H2,1H3. The van der Waals surface area contributed by atoms with Crippen molar-refractivity contribution in [3.05, 3.63) is 70.8 Å². The summed E-state index contributed by atoms with van der Waals surface area (Å²) in [4.78, 5) is 2.64. The molecule has 124 valence electrons. The van der Waals surface area contributed by atoms with Crippen LogP contribution in [0.3, 0.4) is 0 Å². The molecule has 0 amide bonds. The van der Waals surface area contributed by atoms with Gasteiger partial charge in [0.05, 0.1) is 12.1 Å². The predicted octanol–water partition coefficient (Wildman–Crippen LogP) is 5.17. The molecule has 3 heteroatoms. The van der Waals surface area contributed by atoms with E-state index >= 15 is 0 Å². The lowest BCUT2D eigenvalue weighted by Crippen LogP contribution is -2.37. The summed E-state index contributed by atoms with van der Waals surface area (Å²) in [7, 11) is 1.72. The van der Waals surface area contributed by atoms with Crippen LogP contribution < -0.4 is 4.74 Å². The smallest absolute Gasteiger partial charge is 0.127 e. The van der Waals surface area contributed by atoms with Crippen molar-refractivity contribution < 1.29 is 4.74 Å². The molecule has 1 saturated heterocycles. The zero-order chi connectivity index (χ0) is 16.5. The minimum absolute atomic E-state index is 0.500. The second-order valence-electron chi connectivity index (χ2n) is 6.67. The van der Waals surface area contributed by atoms with Gasteiger partial charge in [0, 0.05) is 24.2 Å². The Bertz CT molecular complexity index is 756. The molecule has 4 rings (SSSR count). The second-order valence-corrected chi connectivity index (χ2v) is 7.08. The van der Waals surface area contributed by atoms with E-state index in [0.717, 1.165) is 29.3 Å². The number of hydrogen-bond donors (Lipinski definition) is 0. The molecule has 2 aromatic rings. The van der Waals surface area contributed by atoms with Crippen molar-refractivity contribution >= 4 is 17.2 Å². The van der Waals surface area contributed by atoms with Crippen LogP contribution in [0, 0.1) is 0 Å². The van der Waals surface area contributed by atoms with Crippen LogP contribution in [0.15, 0.2) is 54.6 Å². The van der Waals surface area contributed by atoms with Gasteiger partial charge in [-0.2, -0.15) is 0 Å². The highest BCUT2D eigenvalue weighted by molar-refractivity contribution is 6.32. The average Bonchev–Trinajstić information content (AvgIpc) is 2.84. The van der Waals surface area contributed by atoms with Gasteiger partial charge in [0.1, 0.15) is 5.75 Å². The highest BCUT2D eigenvalue weighted by Crippen LogP contribution is 2.43. The average molecular weight is 340 g/mol. The van der Waals surface area contributed by atoms with Gasteiger partial charge in [-0.15, -0.1) is 0 Å². The highest BCUT2D eigenvalue weighted by Gasteiger charge is 2.37. The minimum Gasteiger partial charge on any atom is -0.496 e. The Morgan fingerprint density at radius 2 is 1.92 bits per heavy atom. The molecule has 0 spiro atoms. The maximum atomic E-state index is 6.49. The van der Waals surface area contributed by atoms with Gasteiger partial charge in [0.25, 0.3) is 0 Å². The molecule has 24 heavy (non-hydrogen) atoms. The number of halogens is 1. The molecular formula is C21H22ClNO. The molecule has 2 aliphatic heterocycles. The molecule has 2 unspecified atom stereocenters. The number of rotatable bonds is 4. The van der Waals surface area contributed by atoms with Gasteiger partial charge >= 0.3 is 0 Å². The largest absolute Gasteiger partial charge is 0.496 e. The van der Waals surface area contributed by atoms with E-state index in [-0.39, 0.29) is 0 Å². The lowest BCUT2D eigenvalue weighted by Gasteiger charge is -2.34. The summed E-state index contributed by atoms with van der Waals surface area (Å²) in [5.41, 5.74) is 3.81. The molecule has 2 aromatic carbocycles. The zero-order valence-corrected chi connectivity index (χ0v) is 14.7. The van der Waals surface area contributed by atoms with Crippen LogP contribution in [-0.2, 0) is 6.54 Å². The molecule has 2 heterocycles. The Morgan fingerprint density at radius 1 is 1.08 bits per heavy atom. The van der Waals surface area contributed by atoms with E-state index in [9.17, 15) is 0 Å². The van der Waals surface area contributed by atoms with Crippen molar-refractivity contribution in [3.8, 4) is 5.75 Å². The first-order chi connectivity index (χ1) is 11.8. The van der Waals surface area contributed by atoms with E-state index < -0.39 is 0 Å². The molecule has 2 atom stereocenters. The maximum Gasteiger partial charge on any atom is 0.127 e. The van der Waals surface area contributed by atoms with Crippen LogP contribution >= 0.6 is 11.6 Å². The fourth-order valence-corrected chi connectivity index (χ4v) is 4.42. The van der Waals surface area contributed by atoms with Gasteiger partial charge in [-0.1, -0.05) is 54.1 Å². The number of nitrogens with zero attached hydrogens (tertiary/aromatic N) is 1. The fraction of sp³-hybridized carbons (Fsp3) is 0.333. The topological polar surface area (TPSA) is 12.5 Å². The number of fused-ring (bicyclic) bond motifs is 2. The van der Waals surface area contributed by atoms with E-state index in [0.29, 0.717) is 12.1 Å². The van der Waals surface area contributed by atoms with Gasteiger partial charge < -0.3 is 4.74 Å². The molecular weight excluding hydrogens is 318 g/mol. The molecule has 0 aromatic heterocycles. The van der Waals surface area contributed by atoms with Crippen LogP contribution in [0.4, 0.5) is 0 Å². The van der Waals surface area contributed by atoms with Crippen LogP contribution in [-0.4, -0.2) is 24.1 Å². The summed E-state index contributed by atoms with van der Waals surface area (Å²) in [5, 5.41) is 0.788. The lowest BCUT2D eigenvalue weighted by molar-refractivity contribution is 0.203. The lowest BCUT2D eigenvalue weighted by atomic mass is 9.93. The number of benzene rings is 2. The fourth-order valence-electron chi connectivity index (χ4n) is 4.13. The predicted molar refractivity (Wildman–Crippen MR) is 99.4 cm³/mol. The maximum absolute atomic E-state index is 6.49. The number of hydrogen-bond acceptors (Lipinski definition) is 2.